The summed E-state index contributed by atoms with van der Waals surface area (Å²) < 4.78 is 0. The maximum absolute atomic E-state index is 11.5. The summed E-state index contributed by atoms with van der Waals surface area (Å²) in [6.07, 6.45) is 12.9. The van der Waals surface area contributed by atoms with Crippen molar-refractivity contribution in [3.05, 3.63) is 59.7 Å². The van der Waals surface area contributed by atoms with Crippen LogP contribution in [0, 0.1) is 29.1 Å². The Kier molecular flexibility index (Phi) is 5.70. The number of hydrogen-bond acceptors (Lipinski definition) is 3. The molecular formula is C32H42N2O. The molecule has 35 heavy (non-hydrogen) atoms. The number of nitrogens with zero attached hydrogens (tertiary/aromatic N) is 2. The Morgan fingerprint density at radius 1 is 0.771 bits per heavy atom. The van der Waals surface area contributed by atoms with Crippen molar-refractivity contribution in [2.45, 2.75) is 70.3 Å². The van der Waals surface area contributed by atoms with Crippen LogP contribution in [0.3, 0.4) is 0 Å². The number of fused-ring (bicyclic) bond motifs is 2. The van der Waals surface area contributed by atoms with Gasteiger partial charge in [-0.3, -0.25) is 0 Å². The van der Waals surface area contributed by atoms with Crippen molar-refractivity contribution < 1.29 is 5.11 Å². The number of hydrogen-bond donors (Lipinski definition) is 1. The number of likely N-dealkylation sites (tertiary alicyclic amines) is 1. The van der Waals surface area contributed by atoms with Gasteiger partial charge < -0.3 is 14.9 Å². The van der Waals surface area contributed by atoms with Gasteiger partial charge in [-0.05, 0) is 130 Å². The first-order valence-electron chi connectivity index (χ1n) is 14.5. The summed E-state index contributed by atoms with van der Waals surface area (Å²) in [6, 6.07) is 18.1. The fourth-order valence-corrected chi connectivity index (χ4v) is 9.20. The van der Waals surface area contributed by atoms with Gasteiger partial charge >= 0.3 is 0 Å². The third-order valence-electron chi connectivity index (χ3n) is 10.6. The summed E-state index contributed by atoms with van der Waals surface area (Å²) in [5, 5.41) is 11.5. The lowest BCUT2D eigenvalue weighted by Crippen LogP contribution is -2.55. The van der Waals surface area contributed by atoms with E-state index in [0.29, 0.717) is 5.92 Å². The summed E-state index contributed by atoms with van der Waals surface area (Å²) in [4.78, 5) is 5.23. The molecule has 2 heterocycles. The number of piperidine rings is 1. The van der Waals surface area contributed by atoms with Crippen molar-refractivity contribution in [1.29, 1.82) is 0 Å². The van der Waals surface area contributed by atoms with Gasteiger partial charge in [0.25, 0.3) is 0 Å². The van der Waals surface area contributed by atoms with E-state index in [0.717, 1.165) is 56.8 Å². The van der Waals surface area contributed by atoms with Gasteiger partial charge in [0.15, 0.2) is 0 Å². The maximum atomic E-state index is 11.5. The number of β-amino-alcohol motifs (C(OH)–C–C–N with tert-alkyl or cyclic N) is 1. The molecule has 6 aliphatic rings. The molecule has 2 aliphatic heterocycles. The Balaban J connectivity index is 1.01. The van der Waals surface area contributed by atoms with E-state index in [1.807, 2.05) is 0 Å². The van der Waals surface area contributed by atoms with Crippen LogP contribution in [-0.4, -0.2) is 42.3 Å². The Hall–Kier alpha value is -1.84. The van der Waals surface area contributed by atoms with Gasteiger partial charge in [0.2, 0.25) is 0 Å². The molecule has 0 aromatic heterocycles. The molecule has 0 spiro atoms. The van der Waals surface area contributed by atoms with E-state index in [-0.39, 0.29) is 11.5 Å². The molecule has 4 saturated carbocycles. The normalized spacial score (nSPS) is 33.3. The van der Waals surface area contributed by atoms with E-state index in [9.17, 15) is 5.11 Å². The average Bonchev–Trinajstić information content (AvgIpc) is 3.02. The number of anilines is 2. The summed E-state index contributed by atoms with van der Waals surface area (Å²) in [5.74, 6) is 3.46. The molecule has 3 nitrogen and oxygen atoms in total. The largest absolute Gasteiger partial charge is 0.391 e. The fraction of sp³-hybridized carbons (Fsp3) is 0.625. The molecule has 2 aromatic carbocycles. The lowest BCUT2D eigenvalue weighted by Gasteiger charge is -2.59. The van der Waals surface area contributed by atoms with Crippen LogP contribution >= 0.6 is 0 Å². The van der Waals surface area contributed by atoms with Gasteiger partial charge in [-0.1, -0.05) is 36.4 Å². The van der Waals surface area contributed by atoms with Crippen LogP contribution in [0.15, 0.2) is 48.5 Å². The van der Waals surface area contributed by atoms with Crippen LogP contribution in [0.1, 0.15) is 62.5 Å². The molecule has 5 fully saturated rings. The number of aryl methyl sites for hydroxylation is 2. The Morgan fingerprint density at radius 2 is 1.29 bits per heavy atom. The van der Waals surface area contributed by atoms with Gasteiger partial charge in [0.1, 0.15) is 0 Å². The van der Waals surface area contributed by atoms with Crippen molar-refractivity contribution in [3.63, 3.8) is 0 Å². The summed E-state index contributed by atoms with van der Waals surface area (Å²) in [7, 11) is 0. The lowest BCUT2D eigenvalue weighted by atomic mass is 9.48. The predicted molar refractivity (Wildman–Crippen MR) is 143 cm³/mol. The molecular weight excluding hydrogens is 428 g/mol. The van der Waals surface area contributed by atoms with Gasteiger partial charge in [0.05, 0.1) is 6.10 Å². The third kappa shape index (κ3) is 4.13. The lowest BCUT2D eigenvalue weighted by molar-refractivity contribution is -0.127. The van der Waals surface area contributed by atoms with Gasteiger partial charge in [-0.25, -0.2) is 0 Å². The molecule has 1 atom stereocenters. The van der Waals surface area contributed by atoms with Crippen LogP contribution in [-0.2, 0) is 12.8 Å². The number of rotatable bonds is 5. The highest BCUT2D eigenvalue weighted by Gasteiger charge is 2.54. The van der Waals surface area contributed by atoms with Crippen LogP contribution in [0.5, 0.6) is 0 Å². The van der Waals surface area contributed by atoms with Gasteiger partial charge in [-0.2, -0.15) is 0 Å². The Morgan fingerprint density at radius 3 is 1.83 bits per heavy atom. The predicted octanol–water partition coefficient (Wildman–Crippen LogP) is 6.21. The van der Waals surface area contributed by atoms with Crippen molar-refractivity contribution in [1.82, 2.24) is 4.90 Å². The molecule has 1 unspecified atom stereocenters. The first-order chi connectivity index (χ1) is 17.1. The molecule has 0 radical (unpaired) electrons. The standard InChI is InChI=1S/C32H42N2O/c35-31(32-18-24-15-25(19-32)17-26(16-24)20-32)22-33-13-11-23(12-14-33)21-34-29-7-3-1-5-27(29)9-10-28-6-2-4-8-30(28)34/h1-8,23-26,31,35H,9-22H2. The molecule has 1 saturated heterocycles. The summed E-state index contributed by atoms with van der Waals surface area (Å²) >= 11 is 0. The molecule has 0 amide bonds. The zero-order chi connectivity index (χ0) is 23.4. The second-order valence-corrected chi connectivity index (χ2v) is 12.9. The smallest absolute Gasteiger partial charge is 0.0723 e. The zero-order valence-electron chi connectivity index (χ0n) is 21.2. The molecule has 1 N–H and O–H groups in total. The SMILES string of the molecule is OC(CN1CCC(CN2c3ccccc3CCc3ccccc32)CC1)C12CC3CC(CC(C3)C1)C2. The zero-order valence-corrected chi connectivity index (χ0v) is 21.2. The van der Waals surface area contributed by atoms with Crippen molar-refractivity contribution in [2.75, 3.05) is 31.1 Å². The monoisotopic (exact) mass is 470 g/mol. The second-order valence-electron chi connectivity index (χ2n) is 12.9. The highest BCUT2D eigenvalue weighted by atomic mass is 16.3. The van der Waals surface area contributed by atoms with Crippen molar-refractivity contribution in [2.24, 2.45) is 29.1 Å². The quantitative estimate of drug-likeness (QED) is 0.563. The Labute approximate surface area is 211 Å². The number of benzene rings is 2. The number of para-hydroxylation sites is 2. The molecule has 8 rings (SSSR count). The van der Waals surface area contributed by atoms with E-state index in [1.165, 1.54) is 73.9 Å². The summed E-state index contributed by atoms with van der Waals surface area (Å²) in [5.41, 5.74) is 6.05. The van der Waals surface area contributed by atoms with Gasteiger partial charge in [-0.15, -0.1) is 0 Å². The van der Waals surface area contributed by atoms with Crippen LogP contribution < -0.4 is 4.90 Å². The fourth-order valence-electron chi connectivity index (χ4n) is 9.20. The molecule has 4 bridgehead atoms. The van der Waals surface area contributed by atoms with Crippen LogP contribution in [0.2, 0.25) is 0 Å². The number of aliphatic hydroxyl groups is 1. The Bertz CT molecular complexity index is 972. The minimum Gasteiger partial charge on any atom is -0.391 e. The van der Waals surface area contributed by atoms with E-state index in [4.69, 9.17) is 0 Å². The van der Waals surface area contributed by atoms with E-state index in [1.54, 1.807) is 0 Å². The van der Waals surface area contributed by atoms with Gasteiger partial charge in [0, 0.05) is 24.5 Å². The minimum absolute atomic E-state index is 0.114. The first kappa shape index (κ1) is 22.4. The van der Waals surface area contributed by atoms with E-state index in [2.05, 4.69) is 58.3 Å². The maximum Gasteiger partial charge on any atom is 0.0723 e. The second kappa shape index (κ2) is 8.92. The molecule has 3 heteroatoms. The van der Waals surface area contributed by atoms with Crippen LogP contribution in [0.4, 0.5) is 11.4 Å². The van der Waals surface area contributed by atoms with Crippen molar-refractivity contribution >= 4 is 11.4 Å². The molecule has 2 aromatic rings. The highest BCUT2D eigenvalue weighted by Crippen LogP contribution is 2.61. The topological polar surface area (TPSA) is 26.7 Å². The average molecular weight is 471 g/mol. The van der Waals surface area contributed by atoms with E-state index >= 15 is 0 Å². The molecule has 186 valence electrons. The number of aliphatic hydroxyl groups excluding tert-OH is 1. The third-order valence-corrected chi connectivity index (χ3v) is 10.6. The molecule has 4 aliphatic carbocycles. The highest BCUT2D eigenvalue weighted by molar-refractivity contribution is 5.71. The minimum atomic E-state index is -0.114. The van der Waals surface area contributed by atoms with Crippen LogP contribution in [0.25, 0.3) is 0 Å². The van der Waals surface area contributed by atoms with E-state index < -0.39 is 0 Å². The summed E-state index contributed by atoms with van der Waals surface area (Å²) in [6.45, 7) is 4.31. The first-order valence-corrected chi connectivity index (χ1v) is 14.5. The van der Waals surface area contributed by atoms with Crippen molar-refractivity contribution in [3.8, 4) is 0 Å².